The third kappa shape index (κ3) is 5.71. The van der Waals surface area contributed by atoms with Crippen LogP contribution in [0.15, 0.2) is 29.3 Å². The average Bonchev–Trinajstić information content (AvgIpc) is 2.59. The van der Waals surface area contributed by atoms with E-state index in [2.05, 4.69) is 46.5 Å². The molecule has 134 valence electrons. The Balaban J connectivity index is 1.80. The van der Waals surface area contributed by atoms with Gasteiger partial charge in [-0.25, -0.2) is 0 Å². The molecule has 24 heavy (non-hydrogen) atoms. The SMILES string of the molecule is CCOc1cccc(CNC(=NC)NC2CCN(C(C)C)CC2)c1. The van der Waals surface area contributed by atoms with E-state index in [0.717, 1.165) is 31.3 Å². The van der Waals surface area contributed by atoms with E-state index >= 15 is 0 Å². The Bertz CT molecular complexity index is 522. The summed E-state index contributed by atoms with van der Waals surface area (Å²) in [4.78, 5) is 6.89. The summed E-state index contributed by atoms with van der Waals surface area (Å²) in [6, 6.07) is 9.33. The van der Waals surface area contributed by atoms with Crippen LogP contribution in [-0.2, 0) is 6.54 Å². The highest BCUT2D eigenvalue weighted by molar-refractivity contribution is 5.79. The molecule has 0 unspecified atom stereocenters. The Morgan fingerprint density at radius 2 is 2.08 bits per heavy atom. The van der Waals surface area contributed by atoms with Gasteiger partial charge in [-0.15, -0.1) is 0 Å². The predicted octanol–water partition coefficient (Wildman–Crippen LogP) is 2.62. The van der Waals surface area contributed by atoms with E-state index in [1.54, 1.807) is 0 Å². The van der Waals surface area contributed by atoms with Gasteiger partial charge < -0.3 is 20.3 Å². The first-order chi connectivity index (χ1) is 11.6. The Labute approximate surface area is 146 Å². The number of piperidine rings is 1. The third-order valence-electron chi connectivity index (χ3n) is 4.49. The molecule has 2 N–H and O–H groups in total. The Hall–Kier alpha value is -1.75. The van der Waals surface area contributed by atoms with Crippen molar-refractivity contribution in [3.8, 4) is 5.75 Å². The molecule has 0 atom stereocenters. The maximum absolute atomic E-state index is 5.55. The number of guanidine groups is 1. The monoisotopic (exact) mass is 332 g/mol. The van der Waals surface area contributed by atoms with Crippen molar-refractivity contribution in [1.29, 1.82) is 0 Å². The number of aliphatic imine (C=N–C) groups is 1. The molecule has 0 aromatic heterocycles. The molecule has 0 spiro atoms. The largest absolute Gasteiger partial charge is 0.494 e. The highest BCUT2D eigenvalue weighted by atomic mass is 16.5. The molecule has 5 nitrogen and oxygen atoms in total. The summed E-state index contributed by atoms with van der Waals surface area (Å²) in [6.45, 7) is 10.3. The van der Waals surface area contributed by atoms with Crippen molar-refractivity contribution in [2.45, 2.75) is 52.2 Å². The van der Waals surface area contributed by atoms with Gasteiger partial charge in [-0.2, -0.15) is 0 Å². The van der Waals surface area contributed by atoms with Crippen LogP contribution < -0.4 is 15.4 Å². The molecule has 1 saturated heterocycles. The van der Waals surface area contributed by atoms with Crippen LogP contribution in [0.25, 0.3) is 0 Å². The van der Waals surface area contributed by atoms with Crippen molar-refractivity contribution in [2.24, 2.45) is 4.99 Å². The fourth-order valence-electron chi connectivity index (χ4n) is 3.05. The molecule has 1 aliphatic rings. The van der Waals surface area contributed by atoms with Gasteiger partial charge in [0, 0.05) is 38.8 Å². The number of hydrogen-bond donors (Lipinski definition) is 2. The van der Waals surface area contributed by atoms with E-state index < -0.39 is 0 Å². The van der Waals surface area contributed by atoms with Crippen molar-refractivity contribution in [1.82, 2.24) is 15.5 Å². The zero-order valence-electron chi connectivity index (χ0n) is 15.5. The van der Waals surface area contributed by atoms with Gasteiger partial charge in [-0.3, -0.25) is 4.99 Å². The minimum atomic E-state index is 0.501. The van der Waals surface area contributed by atoms with Crippen molar-refractivity contribution >= 4 is 5.96 Å². The molecule has 0 aliphatic carbocycles. The number of nitrogens with zero attached hydrogens (tertiary/aromatic N) is 2. The van der Waals surface area contributed by atoms with Crippen LogP contribution in [0.3, 0.4) is 0 Å². The van der Waals surface area contributed by atoms with Crippen LogP contribution in [0.2, 0.25) is 0 Å². The summed E-state index contributed by atoms with van der Waals surface area (Å²) in [5.41, 5.74) is 1.19. The lowest BCUT2D eigenvalue weighted by atomic mass is 10.0. The van der Waals surface area contributed by atoms with Gasteiger partial charge in [0.15, 0.2) is 5.96 Å². The zero-order chi connectivity index (χ0) is 17.4. The lowest BCUT2D eigenvalue weighted by molar-refractivity contribution is 0.167. The minimum Gasteiger partial charge on any atom is -0.494 e. The summed E-state index contributed by atoms with van der Waals surface area (Å²) in [5.74, 6) is 1.79. The summed E-state index contributed by atoms with van der Waals surface area (Å²) in [6.07, 6.45) is 2.33. The number of likely N-dealkylation sites (tertiary alicyclic amines) is 1. The first kappa shape index (κ1) is 18.6. The fraction of sp³-hybridized carbons (Fsp3) is 0.632. The molecule has 1 aromatic rings. The van der Waals surface area contributed by atoms with E-state index in [0.29, 0.717) is 18.7 Å². The van der Waals surface area contributed by atoms with E-state index in [-0.39, 0.29) is 0 Å². The zero-order valence-corrected chi connectivity index (χ0v) is 15.5. The van der Waals surface area contributed by atoms with Gasteiger partial charge in [0.25, 0.3) is 0 Å². The molecule has 1 aliphatic heterocycles. The molecule has 0 bridgehead atoms. The van der Waals surface area contributed by atoms with E-state index in [4.69, 9.17) is 4.74 Å². The predicted molar refractivity (Wildman–Crippen MR) is 101 cm³/mol. The van der Waals surface area contributed by atoms with Crippen LogP contribution in [0.5, 0.6) is 5.75 Å². The van der Waals surface area contributed by atoms with Crippen molar-refractivity contribution in [2.75, 3.05) is 26.7 Å². The van der Waals surface area contributed by atoms with Crippen molar-refractivity contribution in [3.63, 3.8) is 0 Å². The lowest BCUT2D eigenvalue weighted by Gasteiger charge is -2.35. The summed E-state index contributed by atoms with van der Waals surface area (Å²) < 4.78 is 5.55. The van der Waals surface area contributed by atoms with Crippen molar-refractivity contribution < 1.29 is 4.74 Å². The number of rotatable bonds is 6. The molecule has 0 saturated carbocycles. The van der Waals surface area contributed by atoms with Crippen LogP contribution in [0.1, 0.15) is 39.2 Å². The molecular weight excluding hydrogens is 300 g/mol. The lowest BCUT2D eigenvalue weighted by Crippen LogP contribution is -2.49. The number of nitrogens with one attached hydrogen (secondary N) is 2. The van der Waals surface area contributed by atoms with Crippen LogP contribution in [0, 0.1) is 0 Å². The van der Waals surface area contributed by atoms with E-state index in [1.807, 2.05) is 26.1 Å². The molecule has 0 amide bonds. The Kier molecular flexibility index (Phi) is 7.37. The molecule has 1 aromatic carbocycles. The summed E-state index contributed by atoms with van der Waals surface area (Å²) >= 11 is 0. The molecule has 0 radical (unpaired) electrons. The Morgan fingerprint density at radius 3 is 2.71 bits per heavy atom. The van der Waals surface area contributed by atoms with Gasteiger partial charge in [0.2, 0.25) is 0 Å². The van der Waals surface area contributed by atoms with E-state index in [1.165, 1.54) is 18.4 Å². The first-order valence-corrected chi connectivity index (χ1v) is 9.05. The minimum absolute atomic E-state index is 0.501. The topological polar surface area (TPSA) is 48.9 Å². The molecule has 2 rings (SSSR count). The quantitative estimate of drug-likeness (QED) is 0.621. The average molecular weight is 332 g/mol. The maximum Gasteiger partial charge on any atom is 0.191 e. The van der Waals surface area contributed by atoms with E-state index in [9.17, 15) is 0 Å². The number of hydrogen-bond acceptors (Lipinski definition) is 3. The second-order valence-electron chi connectivity index (χ2n) is 6.55. The van der Waals surface area contributed by atoms with Crippen LogP contribution in [-0.4, -0.2) is 49.7 Å². The Morgan fingerprint density at radius 1 is 1.33 bits per heavy atom. The molecule has 1 heterocycles. The van der Waals surface area contributed by atoms with Gasteiger partial charge in [0.1, 0.15) is 5.75 Å². The van der Waals surface area contributed by atoms with Gasteiger partial charge in [0.05, 0.1) is 6.61 Å². The standard InChI is InChI=1S/C19H32N4O/c1-5-24-18-8-6-7-16(13-18)14-21-19(20-4)22-17-9-11-23(12-10-17)15(2)3/h6-8,13,15,17H,5,9-12,14H2,1-4H3,(H2,20,21,22). The third-order valence-corrected chi connectivity index (χ3v) is 4.49. The highest BCUT2D eigenvalue weighted by Crippen LogP contribution is 2.14. The van der Waals surface area contributed by atoms with Gasteiger partial charge in [-0.05, 0) is 51.3 Å². The summed E-state index contributed by atoms with van der Waals surface area (Å²) in [7, 11) is 1.83. The number of ether oxygens (including phenoxy) is 1. The fourth-order valence-corrected chi connectivity index (χ4v) is 3.05. The molecular formula is C19H32N4O. The first-order valence-electron chi connectivity index (χ1n) is 9.05. The summed E-state index contributed by atoms with van der Waals surface area (Å²) in [5, 5.41) is 6.96. The molecule has 5 heteroatoms. The highest BCUT2D eigenvalue weighted by Gasteiger charge is 2.21. The second kappa shape index (κ2) is 9.52. The normalized spacial score (nSPS) is 17.1. The number of benzene rings is 1. The van der Waals surface area contributed by atoms with Gasteiger partial charge in [-0.1, -0.05) is 12.1 Å². The molecule has 1 fully saturated rings. The van der Waals surface area contributed by atoms with Crippen LogP contribution >= 0.6 is 0 Å². The smallest absolute Gasteiger partial charge is 0.191 e. The van der Waals surface area contributed by atoms with Gasteiger partial charge >= 0.3 is 0 Å². The van der Waals surface area contributed by atoms with Crippen LogP contribution in [0.4, 0.5) is 0 Å². The van der Waals surface area contributed by atoms with Crippen molar-refractivity contribution in [3.05, 3.63) is 29.8 Å². The second-order valence-corrected chi connectivity index (χ2v) is 6.55. The maximum atomic E-state index is 5.55.